The fraction of sp³-hybridized carbons (Fsp3) is 0.353. The molecule has 1 fully saturated rings. The van der Waals surface area contributed by atoms with Crippen molar-refractivity contribution in [1.29, 1.82) is 0 Å². The highest BCUT2D eigenvalue weighted by molar-refractivity contribution is 6.33. The summed E-state index contributed by atoms with van der Waals surface area (Å²) in [5.41, 5.74) is 0.166. The Labute approximate surface area is 154 Å². The van der Waals surface area contributed by atoms with Gasteiger partial charge in [-0.2, -0.15) is 0 Å². The number of nitro benzene ring substituents is 1. The highest BCUT2D eigenvalue weighted by Crippen LogP contribution is 2.27. The molecule has 1 aromatic heterocycles. The van der Waals surface area contributed by atoms with E-state index in [1.165, 1.54) is 18.2 Å². The maximum atomic E-state index is 12.7. The Balaban J connectivity index is 1.72. The number of urea groups is 1. The second kappa shape index (κ2) is 8.20. The lowest BCUT2D eigenvalue weighted by Crippen LogP contribution is -2.39. The molecule has 138 valence electrons. The monoisotopic (exact) mass is 379 g/mol. The van der Waals surface area contributed by atoms with Crippen molar-refractivity contribution >= 4 is 29.0 Å². The number of rotatable bonds is 6. The zero-order valence-corrected chi connectivity index (χ0v) is 14.6. The van der Waals surface area contributed by atoms with Crippen LogP contribution >= 0.6 is 11.6 Å². The summed E-state index contributed by atoms with van der Waals surface area (Å²) in [6.07, 6.45) is 3.38. The predicted molar refractivity (Wildman–Crippen MR) is 95.2 cm³/mol. The number of nitrogens with zero attached hydrogens (tertiary/aromatic N) is 2. The smallest absolute Gasteiger partial charge is 0.322 e. The molecular weight excluding hydrogens is 362 g/mol. The second-order valence-electron chi connectivity index (χ2n) is 5.95. The normalized spacial score (nSPS) is 16.4. The SMILES string of the molecule is O=C(Nc1ccc([N+](=O)[O-])cc1Cl)N(Cc1ccco1)CC1CCCO1. The number of carbonyl (C=O) groups excluding carboxylic acids is 1. The fourth-order valence-electron chi connectivity index (χ4n) is 2.76. The summed E-state index contributed by atoms with van der Waals surface area (Å²) in [6.45, 7) is 1.38. The number of carbonyl (C=O) groups is 1. The summed E-state index contributed by atoms with van der Waals surface area (Å²) in [5.74, 6) is 0.646. The lowest BCUT2D eigenvalue weighted by Gasteiger charge is -2.25. The van der Waals surface area contributed by atoms with E-state index in [4.69, 9.17) is 20.8 Å². The van der Waals surface area contributed by atoms with E-state index in [0.717, 1.165) is 12.8 Å². The molecule has 1 aromatic carbocycles. The van der Waals surface area contributed by atoms with Gasteiger partial charge < -0.3 is 19.4 Å². The van der Waals surface area contributed by atoms with Crippen LogP contribution in [0.25, 0.3) is 0 Å². The van der Waals surface area contributed by atoms with Crippen molar-refractivity contribution < 1.29 is 18.9 Å². The topological polar surface area (TPSA) is 97.8 Å². The number of anilines is 1. The van der Waals surface area contributed by atoms with Crippen LogP contribution in [0.5, 0.6) is 0 Å². The third-order valence-electron chi connectivity index (χ3n) is 4.07. The van der Waals surface area contributed by atoms with Crippen LogP contribution in [0.1, 0.15) is 18.6 Å². The zero-order valence-electron chi connectivity index (χ0n) is 13.9. The number of furan rings is 1. The van der Waals surface area contributed by atoms with Crippen molar-refractivity contribution in [2.24, 2.45) is 0 Å². The molecular formula is C17H18ClN3O5. The van der Waals surface area contributed by atoms with Crippen molar-refractivity contribution in [2.45, 2.75) is 25.5 Å². The van der Waals surface area contributed by atoms with Crippen LogP contribution in [0.2, 0.25) is 5.02 Å². The van der Waals surface area contributed by atoms with Gasteiger partial charge in [-0.25, -0.2) is 4.79 Å². The van der Waals surface area contributed by atoms with Gasteiger partial charge >= 0.3 is 6.03 Å². The second-order valence-corrected chi connectivity index (χ2v) is 6.35. The van der Waals surface area contributed by atoms with Crippen LogP contribution < -0.4 is 5.32 Å². The molecule has 0 radical (unpaired) electrons. The number of nitro groups is 1. The quantitative estimate of drug-likeness (QED) is 0.603. The molecule has 26 heavy (non-hydrogen) atoms. The molecule has 0 aliphatic carbocycles. The molecule has 2 amide bonds. The Morgan fingerprint density at radius 1 is 1.42 bits per heavy atom. The minimum absolute atomic E-state index is 0.0250. The number of non-ortho nitro benzene ring substituents is 1. The Kier molecular flexibility index (Phi) is 5.75. The Hall–Kier alpha value is -2.58. The van der Waals surface area contributed by atoms with E-state index in [1.807, 2.05) is 0 Å². The van der Waals surface area contributed by atoms with E-state index in [2.05, 4.69) is 5.32 Å². The summed E-state index contributed by atoms with van der Waals surface area (Å²) >= 11 is 6.05. The van der Waals surface area contributed by atoms with Gasteiger partial charge in [-0.3, -0.25) is 10.1 Å². The van der Waals surface area contributed by atoms with E-state index < -0.39 is 4.92 Å². The third kappa shape index (κ3) is 4.53. The van der Waals surface area contributed by atoms with Gasteiger partial charge in [0.1, 0.15) is 5.76 Å². The van der Waals surface area contributed by atoms with E-state index in [9.17, 15) is 14.9 Å². The molecule has 1 atom stereocenters. The summed E-state index contributed by atoms with van der Waals surface area (Å²) in [4.78, 5) is 24.5. The first-order valence-electron chi connectivity index (χ1n) is 8.17. The average molecular weight is 380 g/mol. The van der Waals surface area contributed by atoms with Crippen LogP contribution in [0.3, 0.4) is 0 Å². The first kappa shape index (κ1) is 18.2. The highest BCUT2D eigenvalue weighted by atomic mass is 35.5. The first-order chi connectivity index (χ1) is 12.5. The van der Waals surface area contributed by atoms with Gasteiger partial charge in [0.15, 0.2) is 0 Å². The predicted octanol–water partition coefficient (Wildman–Crippen LogP) is 4.05. The summed E-state index contributed by atoms with van der Waals surface area (Å²) < 4.78 is 10.9. The zero-order chi connectivity index (χ0) is 18.5. The number of amides is 2. The maximum absolute atomic E-state index is 12.7. The van der Waals surface area contributed by atoms with Gasteiger partial charge in [0.2, 0.25) is 0 Å². The molecule has 0 saturated carbocycles. The summed E-state index contributed by atoms with van der Waals surface area (Å²) in [5, 5.41) is 13.6. The minimum Gasteiger partial charge on any atom is -0.467 e. The molecule has 9 heteroatoms. The summed E-state index contributed by atoms with van der Waals surface area (Å²) in [7, 11) is 0. The lowest BCUT2D eigenvalue weighted by atomic mass is 10.2. The molecule has 1 saturated heterocycles. The minimum atomic E-state index is -0.544. The van der Waals surface area contributed by atoms with Crippen LogP contribution in [-0.4, -0.2) is 35.1 Å². The van der Waals surface area contributed by atoms with Crippen molar-refractivity contribution in [3.05, 3.63) is 57.5 Å². The standard InChI is InChI=1S/C17H18ClN3O5/c18-15-9-12(21(23)24)5-6-16(15)19-17(22)20(10-13-3-1-7-25-13)11-14-4-2-8-26-14/h1,3,5-7,9,14H,2,4,8,10-11H2,(H,19,22). The van der Waals surface area contributed by atoms with Crippen molar-refractivity contribution in [3.8, 4) is 0 Å². The van der Waals surface area contributed by atoms with Crippen molar-refractivity contribution in [3.63, 3.8) is 0 Å². The lowest BCUT2D eigenvalue weighted by molar-refractivity contribution is -0.384. The van der Waals surface area contributed by atoms with Gasteiger partial charge in [-0.05, 0) is 31.0 Å². The Morgan fingerprint density at radius 3 is 2.88 bits per heavy atom. The van der Waals surface area contributed by atoms with E-state index >= 15 is 0 Å². The molecule has 1 aliphatic rings. The number of nitrogens with one attached hydrogen (secondary N) is 1. The van der Waals surface area contributed by atoms with Crippen LogP contribution in [0.15, 0.2) is 41.0 Å². The maximum Gasteiger partial charge on any atom is 0.322 e. The van der Waals surface area contributed by atoms with Crippen molar-refractivity contribution in [1.82, 2.24) is 4.90 Å². The molecule has 1 aliphatic heterocycles. The fourth-order valence-corrected chi connectivity index (χ4v) is 2.98. The number of halogens is 1. The largest absolute Gasteiger partial charge is 0.467 e. The van der Waals surface area contributed by atoms with E-state index in [-0.39, 0.29) is 29.4 Å². The highest BCUT2D eigenvalue weighted by Gasteiger charge is 2.24. The van der Waals surface area contributed by atoms with Gasteiger partial charge in [0.05, 0.1) is 34.5 Å². The molecule has 1 N–H and O–H groups in total. The van der Waals surface area contributed by atoms with Crippen LogP contribution in [-0.2, 0) is 11.3 Å². The molecule has 2 aromatic rings. The number of benzene rings is 1. The van der Waals surface area contributed by atoms with Crippen LogP contribution in [0.4, 0.5) is 16.2 Å². The van der Waals surface area contributed by atoms with Gasteiger partial charge in [0, 0.05) is 25.3 Å². The van der Waals surface area contributed by atoms with E-state index in [0.29, 0.717) is 24.6 Å². The molecule has 0 spiro atoms. The van der Waals surface area contributed by atoms with Gasteiger partial charge in [-0.1, -0.05) is 11.6 Å². The molecule has 2 heterocycles. The Bertz CT molecular complexity index is 775. The number of ether oxygens (including phenoxy) is 1. The first-order valence-corrected chi connectivity index (χ1v) is 8.54. The average Bonchev–Trinajstić information content (AvgIpc) is 3.29. The molecule has 1 unspecified atom stereocenters. The molecule has 0 bridgehead atoms. The van der Waals surface area contributed by atoms with Crippen molar-refractivity contribution in [2.75, 3.05) is 18.5 Å². The molecule has 8 nitrogen and oxygen atoms in total. The molecule has 3 rings (SSSR count). The van der Waals surface area contributed by atoms with E-state index in [1.54, 1.807) is 23.3 Å². The summed E-state index contributed by atoms with van der Waals surface area (Å²) in [6, 6.07) is 7.06. The van der Waals surface area contributed by atoms with Gasteiger partial charge in [0.25, 0.3) is 5.69 Å². The van der Waals surface area contributed by atoms with Gasteiger partial charge in [-0.15, -0.1) is 0 Å². The third-order valence-corrected chi connectivity index (χ3v) is 4.38. The number of hydrogen-bond donors (Lipinski definition) is 1. The number of hydrogen-bond acceptors (Lipinski definition) is 5. The Morgan fingerprint density at radius 2 is 2.27 bits per heavy atom. The van der Waals surface area contributed by atoms with Crippen LogP contribution in [0, 0.1) is 10.1 Å².